The van der Waals surface area contributed by atoms with Crippen LogP contribution in [0.3, 0.4) is 0 Å². The number of allylic oxidation sites excluding steroid dienone is 1. The largest absolute Gasteiger partial charge is 1.00 e. The minimum absolute atomic E-state index is 0. The van der Waals surface area contributed by atoms with E-state index in [1.807, 2.05) is 67.6 Å². The van der Waals surface area contributed by atoms with E-state index in [9.17, 15) is 4.89 Å². The summed E-state index contributed by atoms with van der Waals surface area (Å²) in [5.41, 5.74) is 0.825. The van der Waals surface area contributed by atoms with Crippen molar-refractivity contribution >= 4 is 18.1 Å². The van der Waals surface area contributed by atoms with Gasteiger partial charge in [0.25, 0.3) is 0 Å². The van der Waals surface area contributed by atoms with E-state index in [0.717, 1.165) is 16.2 Å². The summed E-state index contributed by atoms with van der Waals surface area (Å²) in [5, 5.41) is 1.69. The van der Waals surface area contributed by atoms with Gasteiger partial charge in [-0.25, -0.2) is 6.58 Å². The fourth-order valence-corrected chi connectivity index (χ4v) is 4.35. The van der Waals surface area contributed by atoms with Gasteiger partial charge in [0.2, 0.25) is 0 Å². The first-order valence-electron chi connectivity index (χ1n) is 5.85. The summed E-state index contributed by atoms with van der Waals surface area (Å²) in [7, 11) is -2.70. The number of benzene rings is 2. The van der Waals surface area contributed by atoms with Gasteiger partial charge < -0.3 is 4.89 Å². The van der Waals surface area contributed by atoms with E-state index in [0.29, 0.717) is 0 Å². The minimum atomic E-state index is -2.70. The molecule has 2 aromatic carbocycles. The molecule has 0 fully saturated rings. The fraction of sp³-hybridized carbons (Fsp3) is 0.0625. The van der Waals surface area contributed by atoms with Crippen molar-refractivity contribution in [2.45, 2.75) is 6.92 Å². The molecule has 0 radical (unpaired) electrons. The average Bonchev–Trinajstić information content (AvgIpc) is 2.40. The van der Waals surface area contributed by atoms with Crippen LogP contribution in [0.4, 0.5) is 0 Å². The van der Waals surface area contributed by atoms with Crippen LogP contribution in [0.25, 0.3) is 0 Å². The maximum absolute atomic E-state index is 13.3. The first kappa shape index (κ1) is 16.1. The molecule has 0 N–H and O–H groups in total. The van der Waals surface area contributed by atoms with Crippen molar-refractivity contribution in [1.29, 1.82) is 0 Å². The standard InChI is InChI=1S/C16H16OP.Li/c1-14(2)13-18(17,15-9-5-3-6-10-15)16-11-7-4-8-12-16;/h3-13H,1H2,2H3;/q-1;+1. The summed E-state index contributed by atoms with van der Waals surface area (Å²) < 4.78 is 0. The molecular formula is C16H16LiOP. The predicted octanol–water partition coefficient (Wildman–Crippen LogP) is -0.328. The van der Waals surface area contributed by atoms with Gasteiger partial charge in [-0.2, -0.15) is 5.57 Å². The molecule has 19 heavy (non-hydrogen) atoms. The normalized spacial score (nSPS) is 10.4. The molecule has 0 aliphatic carbocycles. The molecule has 0 aromatic heterocycles. The number of rotatable bonds is 4. The number of hydrogen-bond acceptors (Lipinski definition) is 1. The zero-order chi connectivity index (χ0) is 13.0. The van der Waals surface area contributed by atoms with E-state index in [1.54, 1.807) is 6.16 Å². The van der Waals surface area contributed by atoms with Gasteiger partial charge in [0.05, 0.1) is 10.6 Å². The third kappa shape index (κ3) is 3.75. The van der Waals surface area contributed by atoms with Gasteiger partial charge in [-0.1, -0.05) is 49.5 Å². The molecular weight excluding hydrogens is 246 g/mol. The topological polar surface area (TPSA) is 23.1 Å². The van der Waals surface area contributed by atoms with E-state index >= 15 is 0 Å². The Kier molecular flexibility index (Phi) is 5.92. The van der Waals surface area contributed by atoms with Crippen LogP contribution in [0.1, 0.15) is 6.92 Å². The third-order valence-corrected chi connectivity index (χ3v) is 5.62. The van der Waals surface area contributed by atoms with E-state index in [4.69, 9.17) is 0 Å². The van der Waals surface area contributed by atoms with Gasteiger partial charge in [0.1, 0.15) is 0 Å². The van der Waals surface area contributed by atoms with Gasteiger partial charge in [-0.15, -0.1) is 0 Å². The molecule has 0 spiro atoms. The Labute approximate surface area is 128 Å². The van der Waals surface area contributed by atoms with Crippen molar-refractivity contribution in [2.75, 3.05) is 0 Å². The second kappa shape index (κ2) is 6.99. The Morgan fingerprint density at radius 2 is 1.32 bits per heavy atom. The molecule has 0 saturated heterocycles. The zero-order valence-corrected chi connectivity index (χ0v) is 12.3. The Morgan fingerprint density at radius 3 is 1.63 bits per heavy atom. The number of hydrogen-bond donors (Lipinski definition) is 0. The summed E-state index contributed by atoms with van der Waals surface area (Å²) >= 11 is 0. The summed E-state index contributed by atoms with van der Waals surface area (Å²) in [6.07, 6.45) is 1.79. The molecule has 0 aliphatic heterocycles. The van der Waals surface area contributed by atoms with Gasteiger partial charge >= 0.3 is 18.9 Å². The van der Waals surface area contributed by atoms with E-state index in [2.05, 4.69) is 6.58 Å². The Hall–Kier alpha value is -0.963. The van der Waals surface area contributed by atoms with Crippen LogP contribution in [-0.4, -0.2) is 0 Å². The first-order chi connectivity index (χ1) is 8.63. The van der Waals surface area contributed by atoms with Crippen molar-refractivity contribution in [3.05, 3.63) is 79.0 Å². The third-order valence-electron chi connectivity index (χ3n) is 2.68. The molecule has 0 aliphatic rings. The maximum atomic E-state index is 13.3. The monoisotopic (exact) mass is 262 g/mol. The fourth-order valence-electron chi connectivity index (χ4n) is 1.91. The Balaban J connectivity index is 0.00000180. The van der Waals surface area contributed by atoms with Gasteiger partial charge in [-0.3, -0.25) is 0 Å². The quantitative estimate of drug-likeness (QED) is 0.420. The molecule has 0 atom stereocenters. The van der Waals surface area contributed by atoms with E-state index in [-0.39, 0.29) is 18.9 Å². The molecule has 92 valence electrons. The van der Waals surface area contributed by atoms with Crippen molar-refractivity contribution in [3.63, 3.8) is 0 Å². The summed E-state index contributed by atoms with van der Waals surface area (Å²) in [6, 6.07) is 19.2. The molecule has 1 nitrogen and oxygen atoms in total. The van der Waals surface area contributed by atoms with E-state index < -0.39 is 7.49 Å². The van der Waals surface area contributed by atoms with Crippen LogP contribution >= 0.6 is 7.49 Å². The van der Waals surface area contributed by atoms with Gasteiger partial charge in [0, 0.05) is 0 Å². The molecule has 0 heterocycles. The maximum Gasteiger partial charge on any atom is 1.00 e. The zero-order valence-electron chi connectivity index (χ0n) is 11.4. The van der Waals surface area contributed by atoms with Crippen LogP contribution in [0, 0.1) is 6.16 Å². The summed E-state index contributed by atoms with van der Waals surface area (Å²) in [5.74, 6) is 0. The summed E-state index contributed by atoms with van der Waals surface area (Å²) in [4.78, 5) is 13.3. The molecule has 0 unspecified atom stereocenters. The summed E-state index contributed by atoms with van der Waals surface area (Å²) in [6.45, 7) is 5.74. The van der Waals surface area contributed by atoms with Crippen LogP contribution in [0.15, 0.2) is 72.8 Å². The molecule has 3 heteroatoms. The first-order valence-corrected chi connectivity index (χ1v) is 7.63. The smallest absolute Gasteiger partial charge is 0.680 e. The van der Waals surface area contributed by atoms with Crippen LogP contribution < -0.4 is 34.4 Å². The van der Waals surface area contributed by atoms with Crippen LogP contribution in [-0.2, 0) is 0 Å². The Bertz CT molecular complexity index is 485. The molecule has 0 amide bonds. The van der Waals surface area contributed by atoms with Gasteiger partial charge in [-0.05, 0) is 31.8 Å². The molecule has 2 rings (SSSR count). The average molecular weight is 262 g/mol. The second-order valence-corrected chi connectivity index (χ2v) is 6.91. The second-order valence-electron chi connectivity index (χ2n) is 4.30. The van der Waals surface area contributed by atoms with Crippen molar-refractivity contribution in [1.82, 2.24) is 0 Å². The molecule has 0 bridgehead atoms. The predicted molar refractivity (Wildman–Crippen MR) is 78.2 cm³/mol. The van der Waals surface area contributed by atoms with Crippen molar-refractivity contribution in [3.8, 4) is 0 Å². The molecule has 0 saturated carbocycles. The van der Waals surface area contributed by atoms with Crippen LogP contribution in [0.5, 0.6) is 0 Å². The SMILES string of the molecule is C=C(C)[CH-][P+]([O-])(c1ccccc1)c1ccccc1.[Li+]. The van der Waals surface area contributed by atoms with Crippen molar-refractivity contribution in [2.24, 2.45) is 0 Å². The molecule has 2 aromatic rings. The van der Waals surface area contributed by atoms with E-state index in [1.165, 1.54) is 0 Å². The van der Waals surface area contributed by atoms with Crippen LogP contribution in [0.2, 0.25) is 0 Å². The van der Waals surface area contributed by atoms with Crippen molar-refractivity contribution < 1.29 is 23.8 Å². The minimum Gasteiger partial charge on any atom is -0.680 e. The van der Waals surface area contributed by atoms with Gasteiger partial charge in [0.15, 0.2) is 0 Å². The Morgan fingerprint density at radius 1 is 0.947 bits per heavy atom.